The Morgan fingerprint density at radius 2 is 1.93 bits per heavy atom. The van der Waals surface area contributed by atoms with Crippen LogP contribution in [-0.2, 0) is 16.8 Å². The second-order valence-corrected chi connectivity index (χ2v) is 4.11. The highest BCUT2D eigenvalue weighted by atomic mass is 16.5. The number of methoxy groups -OCH3 is 1. The van der Waals surface area contributed by atoms with Crippen LogP contribution in [0.5, 0.6) is 0 Å². The van der Waals surface area contributed by atoms with Crippen LogP contribution in [0, 0.1) is 0 Å². The van der Waals surface area contributed by atoms with Crippen molar-refractivity contribution in [3.63, 3.8) is 0 Å². The van der Waals surface area contributed by atoms with Gasteiger partial charge in [0.25, 0.3) is 0 Å². The van der Waals surface area contributed by atoms with E-state index in [1.165, 1.54) is 24.0 Å². The van der Waals surface area contributed by atoms with E-state index in [1.807, 2.05) is 0 Å². The molecule has 2 rings (SSSR count). The molecule has 0 bridgehead atoms. The highest BCUT2D eigenvalue weighted by Crippen LogP contribution is 2.47. The van der Waals surface area contributed by atoms with Crippen LogP contribution in [0.3, 0.4) is 0 Å². The number of rotatable bonds is 4. The van der Waals surface area contributed by atoms with Gasteiger partial charge in [-0.15, -0.1) is 0 Å². The van der Waals surface area contributed by atoms with Crippen molar-refractivity contribution in [2.45, 2.75) is 24.9 Å². The van der Waals surface area contributed by atoms with Gasteiger partial charge in [0.2, 0.25) is 0 Å². The van der Waals surface area contributed by atoms with Gasteiger partial charge >= 0.3 is 0 Å². The average molecular weight is 191 g/mol. The SMILES string of the molecule is COCc1ccc(C2(CN)CC2)cc1. The van der Waals surface area contributed by atoms with Crippen molar-refractivity contribution in [1.29, 1.82) is 0 Å². The summed E-state index contributed by atoms with van der Waals surface area (Å²) in [6.07, 6.45) is 2.49. The van der Waals surface area contributed by atoms with Gasteiger partial charge in [0.05, 0.1) is 6.61 Å². The number of hydrogen-bond donors (Lipinski definition) is 1. The lowest BCUT2D eigenvalue weighted by atomic mass is 9.95. The molecular weight excluding hydrogens is 174 g/mol. The molecular formula is C12H17NO. The first-order valence-corrected chi connectivity index (χ1v) is 5.09. The van der Waals surface area contributed by atoms with Crippen molar-refractivity contribution in [3.05, 3.63) is 35.4 Å². The Balaban J connectivity index is 2.14. The molecule has 0 saturated heterocycles. The minimum absolute atomic E-state index is 0.311. The smallest absolute Gasteiger partial charge is 0.0713 e. The lowest BCUT2D eigenvalue weighted by molar-refractivity contribution is 0.185. The van der Waals surface area contributed by atoms with Gasteiger partial charge in [0.15, 0.2) is 0 Å². The molecule has 2 heteroatoms. The van der Waals surface area contributed by atoms with Crippen LogP contribution in [0.25, 0.3) is 0 Å². The van der Waals surface area contributed by atoms with Crippen LogP contribution in [0.1, 0.15) is 24.0 Å². The monoisotopic (exact) mass is 191 g/mol. The molecule has 1 saturated carbocycles. The van der Waals surface area contributed by atoms with Gasteiger partial charge in [0, 0.05) is 19.1 Å². The van der Waals surface area contributed by atoms with E-state index in [0.717, 1.165) is 6.54 Å². The molecule has 1 aromatic rings. The number of nitrogens with two attached hydrogens (primary N) is 1. The van der Waals surface area contributed by atoms with E-state index in [4.69, 9.17) is 10.5 Å². The fourth-order valence-corrected chi connectivity index (χ4v) is 1.88. The molecule has 76 valence electrons. The molecule has 2 N–H and O–H groups in total. The van der Waals surface area contributed by atoms with Crippen molar-refractivity contribution >= 4 is 0 Å². The van der Waals surface area contributed by atoms with Crippen molar-refractivity contribution < 1.29 is 4.74 Å². The lowest BCUT2D eigenvalue weighted by Gasteiger charge is -2.12. The number of hydrogen-bond acceptors (Lipinski definition) is 2. The van der Waals surface area contributed by atoms with Gasteiger partial charge in [-0.05, 0) is 24.0 Å². The minimum atomic E-state index is 0.311. The van der Waals surface area contributed by atoms with Gasteiger partial charge in [-0.3, -0.25) is 0 Å². The molecule has 14 heavy (non-hydrogen) atoms. The Kier molecular flexibility index (Phi) is 2.57. The van der Waals surface area contributed by atoms with Crippen molar-refractivity contribution in [3.8, 4) is 0 Å². The molecule has 1 aromatic carbocycles. The molecule has 1 aliphatic carbocycles. The summed E-state index contributed by atoms with van der Waals surface area (Å²) in [5.41, 5.74) is 8.70. The maximum absolute atomic E-state index is 5.77. The molecule has 0 spiro atoms. The molecule has 1 fully saturated rings. The van der Waals surface area contributed by atoms with E-state index in [2.05, 4.69) is 24.3 Å². The van der Waals surface area contributed by atoms with Crippen molar-refractivity contribution in [2.75, 3.05) is 13.7 Å². The van der Waals surface area contributed by atoms with Crippen LogP contribution in [-0.4, -0.2) is 13.7 Å². The van der Waals surface area contributed by atoms with Crippen molar-refractivity contribution in [2.24, 2.45) is 5.73 Å². The second-order valence-electron chi connectivity index (χ2n) is 4.11. The molecule has 2 nitrogen and oxygen atoms in total. The number of benzene rings is 1. The molecule has 0 atom stereocenters. The maximum atomic E-state index is 5.77. The van der Waals surface area contributed by atoms with Crippen molar-refractivity contribution in [1.82, 2.24) is 0 Å². The molecule has 1 aliphatic rings. The van der Waals surface area contributed by atoms with E-state index in [9.17, 15) is 0 Å². The molecule has 0 radical (unpaired) electrons. The maximum Gasteiger partial charge on any atom is 0.0713 e. The first-order valence-electron chi connectivity index (χ1n) is 5.09. The Morgan fingerprint density at radius 3 is 2.36 bits per heavy atom. The zero-order valence-electron chi connectivity index (χ0n) is 8.62. The third-order valence-electron chi connectivity index (χ3n) is 3.12. The predicted octanol–water partition coefficient (Wildman–Crippen LogP) is 1.82. The third-order valence-corrected chi connectivity index (χ3v) is 3.12. The lowest BCUT2D eigenvalue weighted by Crippen LogP contribution is -2.19. The first kappa shape index (κ1) is 9.69. The van der Waals surface area contributed by atoms with Crippen LogP contribution in [0.2, 0.25) is 0 Å². The fraction of sp³-hybridized carbons (Fsp3) is 0.500. The van der Waals surface area contributed by atoms with Gasteiger partial charge < -0.3 is 10.5 Å². The van der Waals surface area contributed by atoms with Gasteiger partial charge in [0.1, 0.15) is 0 Å². The van der Waals surface area contributed by atoms with E-state index in [-0.39, 0.29) is 0 Å². The zero-order valence-corrected chi connectivity index (χ0v) is 8.62. The first-order chi connectivity index (χ1) is 6.80. The molecule has 0 aliphatic heterocycles. The zero-order chi connectivity index (χ0) is 10.0. The van der Waals surface area contributed by atoms with Gasteiger partial charge in [-0.2, -0.15) is 0 Å². The summed E-state index contributed by atoms with van der Waals surface area (Å²) in [7, 11) is 1.72. The standard InChI is InChI=1S/C12H17NO/c1-14-8-10-2-4-11(5-3-10)12(9-13)6-7-12/h2-5H,6-9,13H2,1H3. The summed E-state index contributed by atoms with van der Waals surface area (Å²) in [6, 6.07) is 8.64. The van der Waals surface area contributed by atoms with Crippen LogP contribution in [0.15, 0.2) is 24.3 Å². The summed E-state index contributed by atoms with van der Waals surface area (Å²) in [4.78, 5) is 0. The van der Waals surface area contributed by atoms with Crippen LogP contribution >= 0.6 is 0 Å². The second kappa shape index (κ2) is 3.71. The van der Waals surface area contributed by atoms with E-state index < -0.39 is 0 Å². The van der Waals surface area contributed by atoms with Crippen LogP contribution < -0.4 is 5.73 Å². The van der Waals surface area contributed by atoms with Gasteiger partial charge in [-0.25, -0.2) is 0 Å². The van der Waals surface area contributed by atoms with E-state index >= 15 is 0 Å². The quantitative estimate of drug-likeness (QED) is 0.788. The number of ether oxygens (including phenoxy) is 1. The topological polar surface area (TPSA) is 35.2 Å². The predicted molar refractivity (Wildman–Crippen MR) is 57.1 cm³/mol. The Hall–Kier alpha value is -0.860. The Bertz CT molecular complexity index is 301. The molecule has 0 aromatic heterocycles. The fourth-order valence-electron chi connectivity index (χ4n) is 1.88. The van der Waals surface area contributed by atoms with Crippen LogP contribution in [0.4, 0.5) is 0 Å². The molecule has 0 unspecified atom stereocenters. The summed E-state index contributed by atoms with van der Waals surface area (Å²) < 4.78 is 5.07. The molecule has 0 amide bonds. The minimum Gasteiger partial charge on any atom is -0.380 e. The Morgan fingerprint density at radius 1 is 1.29 bits per heavy atom. The summed E-state index contributed by atoms with van der Waals surface area (Å²) in [6.45, 7) is 1.46. The largest absolute Gasteiger partial charge is 0.380 e. The highest BCUT2D eigenvalue weighted by molar-refractivity contribution is 5.34. The summed E-state index contributed by atoms with van der Waals surface area (Å²) in [5, 5.41) is 0. The average Bonchev–Trinajstić information content (AvgIpc) is 3.00. The normalized spacial score (nSPS) is 18.1. The third kappa shape index (κ3) is 1.68. The van der Waals surface area contributed by atoms with E-state index in [1.54, 1.807) is 7.11 Å². The summed E-state index contributed by atoms with van der Waals surface area (Å²) >= 11 is 0. The summed E-state index contributed by atoms with van der Waals surface area (Å²) in [5.74, 6) is 0. The van der Waals surface area contributed by atoms with E-state index in [0.29, 0.717) is 12.0 Å². The van der Waals surface area contributed by atoms with Gasteiger partial charge in [-0.1, -0.05) is 24.3 Å². The highest BCUT2D eigenvalue weighted by Gasteiger charge is 2.42. The molecule has 0 heterocycles. The Labute approximate surface area is 85.1 Å².